The molecule has 1 aromatic heterocycles. The van der Waals surface area contributed by atoms with Gasteiger partial charge in [0.15, 0.2) is 0 Å². The Bertz CT molecular complexity index is 879. The van der Waals surface area contributed by atoms with Crippen molar-refractivity contribution in [2.75, 3.05) is 18.9 Å². The smallest absolute Gasteiger partial charge is 0.238 e. The Hall–Kier alpha value is -1.66. The lowest BCUT2D eigenvalue weighted by atomic mass is 10.3. The molecule has 0 fully saturated rings. The summed E-state index contributed by atoms with van der Waals surface area (Å²) in [5, 5.41) is 4.75. The monoisotopic (exact) mass is 393 g/mol. The summed E-state index contributed by atoms with van der Waals surface area (Å²) < 4.78 is 1.15. The minimum absolute atomic E-state index is 0.0313. The number of benzene rings is 2. The van der Waals surface area contributed by atoms with E-state index in [1.807, 2.05) is 37.1 Å². The van der Waals surface area contributed by atoms with Crippen molar-refractivity contribution in [2.24, 2.45) is 0 Å². The van der Waals surface area contributed by atoms with Crippen LogP contribution < -0.4 is 5.32 Å². The average molecular weight is 394 g/mol. The Labute approximate surface area is 160 Å². The molecule has 1 N–H and O–H groups in total. The van der Waals surface area contributed by atoms with Crippen LogP contribution in [0.15, 0.2) is 42.5 Å². The molecule has 0 saturated heterocycles. The van der Waals surface area contributed by atoms with Crippen LogP contribution in [0, 0.1) is 0 Å². The van der Waals surface area contributed by atoms with Crippen molar-refractivity contribution < 1.29 is 4.79 Å². The highest BCUT2D eigenvalue weighted by Crippen LogP contribution is 2.29. The molecule has 3 aromatic rings. The first-order valence-corrected chi connectivity index (χ1v) is 9.32. The summed E-state index contributed by atoms with van der Waals surface area (Å²) in [4.78, 5) is 18.9. The van der Waals surface area contributed by atoms with Gasteiger partial charge in [0.2, 0.25) is 5.91 Å². The summed E-state index contributed by atoms with van der Waals surface area (Å²) in [6, 6.07) is 13.0. The van der Waals surface area contributed by atoms with E-state index in [1.165, 1.54) is 0 Å². The van der Waals surface area contributed by atoms with Gasteiger partial charge in [-0.05, 0) is 44.3 Å². The Kier molecular flexibility index (Phi) is 5.59. The number of halogens is 2. The summed E-state index contributed by atoms with van der Waals surface area (Å²) in [7, 11) is 1.90. The van der Waals surface area contributed by atoms with Crippen LogP contribution in [0.1, 0.15) is 18.0 Å². The second-order valence-corrected chi connectivity index (χ2v) is 7.69. The van der Waals surface area contributed by atoms with Gasteiger partial charge in [-0.25, -0.2) is 4.98 Å². The number of nitrogens with zero attached hydrogens (tertiary/aromatic N) is 2. The minimum Gasteiger partial charge on any atom is -0.324 e. The van der Waals surface area contributed by atoms with E-state index in [4.69, 9.17) is 23.2 Å². The fourth-order valence-corrected chi connectivity index (χ4v) is 3.94. The second kappa shape index (κ2) is 7.70. The van der Waals surface area contributed by atoms with Gasteiger partial charge < -0.3 is 5.32 Å². The number of carbonyl (C=O) groups is 1. The number of likely N-dealkylation sites (N-methyl/N-ethyl adjacent to an activating group) is 1. The van der Waals surface area contributed by atoms with Gasteiger partial charge >= 0.3 is 0 Å². The van der Waals surface area contributed by atoms with Gasteiger partial charge in [-0.2, -0.15) is 0 Å². The van der Waals surface area contributed by atoms with Crippen LogP contribution in [0.4, 0.5) is 5.69 Å². The number of rotatable bonds is 5. The molecule has 3 rings (SSSR count). The number of nitrogens with one attached hydrogen (secondary N) is 1. The first kappa shape index (κ1) is 18.1. The second-order valence-electron chi connectivity index (χ2n) is 5.78. The van der Waals surface area contributed by atoms with Crippen LogP contribution in [0.25, 0.3) is 10.2 Å². The molecule has 0 spiro atoms. The van der Waals surface area contributed by atoms with Crippen molar-refractivity contribution in [1.82, 2.24) is 9.88 Å². The number of hydrogen-bond acceptors (Lipinski definition) is 4. The van der Waals surface area contributed by atoms with Crippen LogP contribution in [0.3, 0.4) is 0 Å². The first-order valence-electron chi connectivity index (χ1n) is 7.74. The zero-order valence-corrected chi connectivity index (χ0v) is 16.1. The van der Waals surface area contributed by atoms with E-state index in [0.717, 1.165) is 15.2 Å². The molecular weight excluding hydrogens is 377 g/mol. The maximum Gasteiger partial charge on any atom is 0.238 e. The SMILES string of the molecule is CC(c1nc2ccccc2s1)N(C)CC(=O)Nc1ccc(Cl)cc1Cl. The minimum atomic E-state index is -0.139. The number of hydrogen-bond donors (Lipinski definition) is 1. The third-order valence-corrected chi connectivity index (χ3v) is 5.68. The van der Waals surface area contributed by atoms with Gasteiger partial charge in [0, 0.05) is 5.02 Å². The highest BCUT2D eigenvalue weighted by Gasteiger charge is 2.19. The number of carbonyl (C=O) groups excluding carboxylic acids is 1. The summed E-state index contributed by atoms with van der Waals surface area (Å²) in [6.07, 6.45) is 0. The summed E-state index contributed by atoms with van der Waals surface area (Å²) in [6.45, 7) is 2.27. The van der Waals surface area contributed by atoms with Gasteiger partial charge in [-0.15, -0.1) is 11.3 Å². The Morgan fingerprint density at radius 3 is 2.76 bits per heavy atom. The number of aromatic nitrogens is 1. The van der Waals surface area contributed by atoms with E-state index in [1.54, 1.807) is 29.5 Å². The summed E-state index contributed by atoms with van der Waals surface area (Å²) in [5.74, 6) is -0.139. The number of para-hydroxylation sites is 1. The van der Waals surface area contributed by atoms with Crippen molar-refractivity contribution in [3.63, 3.8) is 0 Å². The molecule has 0 aliphatic carbocycles. The first-order chi connectivity index (χ1) is 11.9. The van der Waals surface area contributed by atoms with Crippen molar-refractivity contribution in [3.8, 4) is 0 Å². The van der Waals surface area contributed by atoms with Crippen LogP contribution in [-0.4, -0.2) is 29.4 Å². The molecule has 25 heavy (non-hydrogen) atoms. The van der Waals surface area contributed by atoms with Crippen LogP contribution in [0.5, 0.6) is 0 Å². The molecule has 1 amide bonds. The average Bonchev–Trinajstić information content (AvgIpc) is 3.00. The number of thiazole rings is 1. The zero-order valence-electron chi connectivity index (χ0n) is 13.8. The molecule has 130 valence electrons. The Morgan fingerprint density at radius 2 is 2.04 bits per heavy atom. The quantitative estimate of drug-likeness (QED) is 0.644. The molecule has 1 unspecified atom stereocenters. The molecule has 4 nitrogen and oxygen atoms in total. The lowest BCUT2D eigenvalue weighted by Crippen LogP contribution is -2.32. The molecule has 0 bridgehead atoms. The predicted molar refractivity (Wildman–Crippen MR) is 106 cm³/mol. The molecule has 7 heteroatoms. The fraction of sp³-hybridized carbons (Fsp3) is 0.222. The third-order valence-electron chi connectivity index (χ3n) is 3.93. The van der Waals surface area contributed by atoms with E-state index in [-0.39, 0.29) is 18.5 Å². The molecule has 0 saturated carbocycles. The molecular formula is C18H17Cl2N3OS. The molecule has 0 radical (unpaired) electrons. The molecule has 1 heterocycles. The van der Waals surface area contributed by atoms with Gasteiger partial charge in [0.05, 0.1) is 33.5 Å². The van der Waals surface area contributed by atoms with Crippen molar-refractivity contribution >= 4 is 56.3 Å². The molecule has 2 aromatic carbocycles. The van der Waals surface area contributed by atoms with E-state index >= 15 is 0 Å². The maximum atomic E-state index is 12.3. The topological polar surface area (TPSA) is 45.2 Å². The molecule has 0 aliphatic rings. The third kappa shape index (κ3) is 4.30. The summed E-state index contributed by atoms with van der Waals surface area (Å²) in [5.41, 5.74) is 1.54. The Morgan fingerprint density at radius 1 is 1.28 bits per heavy atom. The normalized spacial score (nSPS) is 12.5. The maximum absolute atomic E-state index is 12.3. The van der Waals surface area contributed by atoms with Gasteiger partial charge in [0.25, 0.3) is 0 Å². The fourth-order valence-electron chi connectivity index (χ4n) is 2.40. The summed E-state index contributed by atoms with van der Waals surface area (Å²) >= 11 is 13.6. The predicted octanol–water partition coefficient (Wildman–Crippen LogP) is 5.23. The lowest BCUT2D eigenvalue weighted by Gasteiger charge is -2.22. The number of anilines is 1. The van der Waals surface area contributed by atoms with E-state index in [9.17, 15) is 4.79 Å². The van der Waals surface area contributed by atoms with E-state index in [0.29, 0.717) is 15.7 Å². The number of amides is 1. The Balaban J connectivity index is 1.66. The highest BCUT2D eigenvalue weighted by atomic mass is 35.5. The van der Waals surface area contributed by atoms with Crippen LogP contribution in [0.2, 0.25) is 10.0 Å². The largest absolute Gasteiger partial charge is 0.324 e. The van der Waals surface area contributed by atoms with Crippen molar-refractivity contribution in [1.29, 1.82) is 0 Å². The lowest BCUT2D eigenvalue weighted by molar-refractivity contribution is -0.117. The molecule has 0 aliphatic heterocycles. The van der Waals surface area contributed by atoms with Gasteiger partial charge in [-0.3, -0.25) is 9.69 Å². The van der Waals surface area contributed by atoms with Crippen molar-refractivity contribution in [3.05, 3.63) is 57.5 Å². The molecule has 1 atom stereocenters. The van der Waals surface area contributed by atoms with Gasteiger partial charge in [0.1, 0.15) is 5.01 Å². The standard InChI is InChI=1S/C18H17Cl2N3OS/c1-11(18-22-15-5-3-4-6-16(15)25-18)23(2)10-17(24)21-14-8-7-12(19)9-13(14)20/h3-9,11H,10H2,1-2H3,(H,21,24). The number of fused-ring (bicyclic) bond motifs is 1. The van der Waals surface area contributed by atoms with Crippen molar-refractivity contribution in [2.45, 2.75) is 13.0 Å². The van der Waals surface area contributed by atoms with Crippen LogP contribution >= 0.6 is 34.5 Å². The zero-order chi connectivity index (χ0) is 18.0. The van der Waals surface area contributed by atoms with Crippen LogP contribution in [-0.2, 0) is 4.79 Å². The highest BCUT2D eigenvalue weighted by molar-refractivity contribution is 7.18. The van der Waals surface area contributed by atoms with E-state index in [2.05, 4.69) is 16.4 Å². The van der Waals surface area contributed by atoms with Gasteiger partial charge in [-0.1, -0.05) is 35.3 Å². The van der Waals surface area contributed by atoms with E-state index < -0.39 is 0 Å².